The van der Waals surface area contributed by atoms with Gasteiger partial charge in [0, 0.05) is 16.9 Å². The number of benzene rings is 1. The molecule has 2 heterocycles. The molecule has 1 aliphatic heterocycles. The molecule has 0 saturated carbocycles. The molecule has 0 amide bonds. The number of aromatic nitrogens is 1. The maximum Gasteiger partial charge on any atom is 0.346 e. The number of hydrogen-bond donors (Lipinski definition) is 3. The highest BCUT2D eigenvalue weighted by Crippen LogP contribution is 2.22. The fraction of sp³-hybridized carbons (Fsp3) is 0.250. The van der Waals surface area contributed by atoms with Gasteiger partial charge in [0.05, 0.1) is 17.9 Å². The van der Waals surface area contributed by atoms with Crippen LogP contribution in [0.25, 0.3) is 0 Å². The molecule has 0 unspecified atom stereocenters. The quantitative estimate of drug-likeness (QED) is 0.326. The third-order valence-corrected chi connectivity index (χ3v) is 6.23. The van der Waals surface area contributed by atoms with Gasteiger partial charge in [-0.1, -0.05) is 18.2 Å². The van der Waals surface area contributed by atoms with E-state index in [0.717, 1.165) is 11.4 Å². The van der Waals surface area contributed by atoms with Gasteiger partial charge in [-0.25, -0.2) is 9.71 Å². The van der Waals surface area contributed by atoms with E-state index in [4.69, 9.17) is 11.5 Å². The summed E-state index contributed by atoms with van der Waals surface area (Å²) in [4.78, 5) is 14.3. The number of para-hydroxylation sites is 1. The molecule has 0 bridgehead atoms. The van der Waals surface area contributed by atoms with Crippen LogP contribution in [0.4, 0.5) is 10.8 Å². The van der Waals surface area contributed by atoms with Crippen LogP contribution in [0.5, 0.6) is 0 Å². The topological polar surface area (TPSA) is 151 Å². The van der Waals surface area contributed by atoms with E-state index in [1.54, 1.807) is 23.6 Å². The van der Waals surface area contributed by atoms with Crippen molar-refractivity contribution in [1.82, 2.24) is 9.71 Å². The normalized spacial score (nSPS) is 16.9. The average molecular weight is 453 g/mol. The first-order valence-corrected chi connectivity index (χ1v) is 11.9. The molecule has 1 aliphatic rings. The summed E-state index contributed by atoms with van der Waals surface area (Å²) < 4.78 is 30.0. The summed E-state index contributed by atoms with van der Waals surface area (Å²) >= 11 is 2.99. The highest BCUT2D eigenvalue weighted by Gasteiger charge is 2.27. The van der Waals surface area contributed by atoms with Crippen molar-refractivity contribution in [3.8, 4) is 0 Å². The van der Waals surface area contributed by atoms with Crippen LogP contribution in [-0.2, 0) is 16.0 Å². The maximum absolute atomic E-state index is 12.0. The van der Waals surface area contributed by atoms with Crippen LogP contribution in [0.1, 0.15) is 12.6 Å². The second kappa shape index (κ2) is 9.24. The summed E-state index contributed by atoms with van der Waals surface area (Å²) in [6.45, 7) is 2.05. The van der Waals surface area contributed by atoms with E-state index in [9.17, 15) is 8.42 Å². The second-order valence-electron chi connectivity index (χ2n) is 5.80. The molecule has 1 aromatic carbocycles. The highest BCUT2D eigenvalue weighted by atomic mass is 32.2. The second-order valence-corrected chi connectivity index (χ2v) is 9.08. The van der Waals surface area contributed by atoms with Crippen molar-refractivity contribution in [3.63, 3.8) is 0 Å². The van der Waals surface area contributed by atoms with E-state index >= 15 is 0 Å². The Balaban J connectivity index is 1.63. The van der Waals surface area contributed by atoms with E-state index in [1.165, 1.54) is 11.3 Å². The summed E-state index contributed by atoms with van der Waals surface area (Å²) in [5.74, 6) is 1.89. The molecule has 1 aromatic heterocycles. The third kappa shape index (κ3) is 5.92. The average Bonchev–Trinajstić information content (AvgIpc) is 3.07. The summed E-state index contributed by atoms with van der Waals surface area (Å²) in [5, 5.41) is 2.41. The van der Waals surface area contributed by atoms with Gasteiger partial charge in [0.25, 0.3) is 0 Å². The summed E-state index contributed by atoms with van der Waals surface area (Å²) in [6.07, 6.45) is 0. The predicted octanol–water partition coefficient (Wildman–Crippen LogP) is 1.41. The van der Waals surface area contributed by atoms with Crippen molar-refractivity contribution in [2.75, 3.05) is 17.2 Å². The van der Waals surface area contributed by atoms with Crippen molar-refractivity contribution in [3.05, 3.63) is 41.4 Å². The molecule has 0 saturated heterocycles. The molecule has 10 nitrogen and oxygen atoms in total. The minimum atomic E-state index is -3.80. The maximum atomic E-state index is 12.0. The molecule has 3 rings (SSSR count). The third-order valence-electron chi connectivity index (χ3n) is 3.53. The van der Waals surface area contributed by atoms with Gasteiger partial charge in [0.2, 0.25) is 11.1 Å². The van der Waals surface area contributed by atoms with Gasteiger partial charge in [-0.2, -0.15) is 25.2 Å². The fourth-order valence-corrected chi connectivity index (χ4v) is 4.85. The van der Waals surface area contributed by atoms with Crippen LogP contribution in [0.3, 0.4) is 0 Å². The number of thioether (sulfide) groups is 1. The number of anilines is 1. The Morgan fingerprint density at radius 3 is 2.79 bits per heavy atom. The number of hydrogen-bond acceptors (Lipinski definition) is 7. The van der Waals surface area contributed by atoms with E-state index in [-0.39, 0.29) is 11.9 Å². The number of nitrogens with two attached hydrogens (primary N) is 2. The largest absolute Gasteiger partial charge is 0.370 e. The predicted molar refractivity (Wildman–Crippen MR) is 120 cm³/mol. The van der Waals surface area contributed by atoms with Gasteiger partial charge in [-0.3, -0.25) is 9.89 Å². The van der Waals surface area contributed by atoms with E-state index in [2.05, 4.69) is 24.1 Å². The van der Waals surface area contributed by atoms with Crippen LogP contribution in [-0.4, -0.2) is 43.5 Å². The fourth-order valence-electron chi connectivity index (χ4n) is 2.46. The Morgan fingerprint density at radius 2 is 2.07 bits per heavy atom. The number of thiazole rings is 1. The standard InChI is InChI=1S/C16H20N8O2S3/c1-11-22-29(25,26)23-15(24(11)13-5-3-2-4-6-13)19-7-8-27-9-12-10-28-16(20-12)21-14(17)18/h2-6,10H,7-9H2,1H3,(H,19,23)(H4,17,18,20,21). The molecule has 5 N–H and O–H groups in total. The smallest absolute Gasteiger partial charge is 0.346 e. The van der Waals surface area contributed by atoms with Crippen LogP contribution >= 0.6 is 23.1 Å². The minimum Gasteiger partial charge on any atom is -0.370 e. The van der Waals surface area contributed by atoms with Crippen LogP contribution in [0.2, 0.25) is 0 Å². The molecule has 0 aliphatic carbocycles. The lowest BCUT2D eigenvalue weighted by Gasteiger charge is -2.28. The highest BCUT2D eigenvalue weighted by molar-refractivity contribution is 7.98. The zero-order valence-electron chi connectivity index (χ0n) is 15.5. The van der Waals surface area contributed by atoms with Crippen molar-refractivity contribution >= 4 is 61.9 Å². The number of amidine groups is 1. The van der Waals surface area contributed by atoms with E-state index in [1.807, 2.05) is 35.7 Å². The summed E-state index contributed by atoms with van der Waals surface area (Å²) in [6, 6.07) is 9.33. The van der Waals surface area contributed by atoms with Crippen molar-refractivity contribution < 1.29 is 8.42 Å². The van der Waals surface area contributed by atoms with Crippen molar-refractivity contribution in [2.24, 2.45) is 25.8 Å². The summed E-state index contributed by atoms with van der Waals surface area (Å²) in [7, 11) is -3.80. The Labute approximate surface area is 177 Å². The molecular formula is C16H20N8O2S3. The zero-order chi connectivity index (χ0) is 20.9. The van der Waals surface area contributed by atoms with Gasteiger partial charge < -0.3 is 11.5 Å². The number of guanidine groups is 2. The van der Waals surface area contributed by atoms with Crippen LogP contribution in [0.15, 0.2) is 50.1 Å². The molecule has 13 heteroatoms. The molecule has 0 atom stereocenters. The van der Waals surface area contributed by atoms with Gasteiger partial charge in [-0.15, -0.1) is 15.7 Å². The molecule has 0 spiro atoms. The lowest BCUT2D eigenvalue weighted by molar-refractivity contribution is 0.593. The molecule has 154 valence electrons. The van der Waals surface area contributed by atoms with Gasteiger partial charge in [-0.05, 0) is 19.1 Å². The molecule has 0 fully saturated rings. The van der Waals surface area contributed by atoms with Crippen molar-refractivity contribution in [1.29, 1.82) is 0 Å². The first kappa shape index (κ1) is 21.1. The molecule has 0 radical (unpaired) electrons. The number of rotatable bonds is 7. The number of nitrogens with one attached hydrogen (secondary N) is 1. The Bertz CT molecular complexity index is 1040. The Kier molecular flexibility index (Phi) is 6.71. The number of nitrogens with zero attached hydrogens (tertiary/aromatic N) is 5. The lowest BCUT2D eigenvalue weighted by Crippen LogP contribution is -2.50. The van der Waals surface area contributed by atoms with Gasteiger partial charge in [0.15, 0.2) is 5.96 Å². The van der Waals surface area contributed by atoms with Crippen LogP contribution in [0, 0.1) is 0 Å². The monoisotopic (exact) mass is 452 g/mol. The SMILES string of the molecule is CC1=NS(=O)(=O)NC(=NCCSCc2csc(N=C(N)N)n2)N1c1ccccc1. The summed E-state index contributed by atoms with van der Waals surface area (Å²) in [5.41, 5.74) is 12.3. The molecule has 2 aromatic rings. The Hall–Kier alpha value is -2.64. The van der Waals surface area contributed by atoms with E-state index in [0.29, 0.717) is 29.0 Å². The number of aliphatic imine (C=N–C) groups is 2. The molecule has 29 heavy (non-hydrogen) atoms. The molecular weight excluding hydrogens is 432 g/mol. The zero-order valence-corrected chi connectivity index (χ0v) is 18.0. The van der Waals surface area contributed by atoms with Gasteiger partial charge >= 0.3 is 10.2 Å². The minimum absolute atomic E-state index is 0.0221. The first-order valence-electron chi connectivity index (χ1n) is 8.45. The van der Waals surface area contributed by atoms with Crippen LogP contribution < -0.4 is 21.1 Å². The van der Waals surface area contributed by atoms with Gasteiger partial charge in [0.1, 0.15) is 5.84 Å². The van der Waals surface area contributed by atoms with Crippen molar-refractivity contribution in [2.45, 2.75) is 12.7 Å². The lowest BCUT2D eigenvalue weighted by atomic mass is 10.3. The first-order chi connectivity index (χ1) is 13.8. The van der Waals surface area contributed by atoms with E-state index < -0.39 is 10.2 Å². The Morgan fingerprint density at radius 1 is 1.31 bits per heavy atom.